The van der Waals surface area contributed by atoms with E-state index in [0.29, 0.717) is 34.3 Å². The first-order chi connectivity index (χ1) is 10.2. The van der Waals surface area contributed by atoms with Gasteiger partial charge in [0.15, 0.2) is 5.82 Å². The number of pyridine rings is 1. The van der Waals surface area contributed by atoms with E-state index in [2.05, 4.69) is 20.2 Å². The van der Waals surface area contributed by atoms with E-state index >= 15 is 0 Å². The van der Waals surface area contributed by atoms with E-state index in [-0.39, 0.29) is 5.60 Å². The van der Waals surface area contributed by atoms with Crippen molar-refractivity contribution in [1.82, 2.24) is 9.88 Å². The van der Waals surface area contributed by atoms with Gasteiger partial charge in [0.25, 0.3) is 6.02 Å². The van der Waals surface area contributed by atoms with Crippen LogP contribution in [-0.4, -0.2) is 47.7 Å². The quantitative estimate of drug-likeness (QED) is 0.862. The van der Waals surface area contributed by atoms with Crippen LogP contribution in [0.1, 0.15) is 12.8 Å². The van der Waals surface area contributed by atoms with Crippen molar-refractivity contribution in [2.24, 2.45) is 10.9 Å². The molecule has 5 nitrogen and oxygen atoms in total. The number of anilines is 1. The number of hydrogen-bond acceptors (Lipinski definition) is 5. The first-order valence-corrected chi connectivity index (χ1v) is 7.95. The maximum Gasteiger partial charge on any atom is 0.291 e. The third kappa shape index (κ3) is 2.28. The van der Waals surface area contributed by atoms with Crippen LogP contribution < -0.4 is 5.32 Å². The van der Waals surface area contributed by atoms with Gasteiger partial charge in [0.1, 0.15) is 10.6 Å². The van der Waals surface area contributed by atoms with E-state index in [1.807, 2.05) is 0 Å². The van der Waals surface area contributed by atoms with E-state index in [1.54, 1.807) is 12.3 Å². The highest BCUT2D eigenvalue weighted by molar-refractivity contribution is 6.43. The summed E-state index contributed by atoms with van der Waals surface area (Å²) in [6.45, 7) is 4.03. The minimum Gasteiger partial charge on any atom is -0.455 e. The van der Waals surface area contributed by atoms with E-state index in [4.69, 9.17) is 27.9 Å². The summed E-state index contributed by atoms with van der Waals surface area (Å²) >= 11 is 12.1. The monoisotopic (exact) mass is 326 g/mol. The molecule has 0 aromatic carbocycles. The molecule has 3 fully saturated rings. The second-order valence-electron chi connectivity index (χ2n) is 5.92. The molecule has 4 aliphatic heterocycles. The van der Waals surface area contributed by atoms with Gasteiger partial charge in [0, 0.05) is 18.7 Å². The summed E-state index contributed by atoms with van der Waals surface area (Å²) in [7, 11) is 0. The second kappa shape index (κ2) is 5.00. The first kappa shape index (κ1) is 13.6. The minimum absolute atomic E-state index is 0.163. The lowest BCUT2D eigenvalue weighted by Gasteiger charge is -2.50. The number of hydrogen-bond donors (Lipinski definition) is 1. The molecule has 0 aliphatic carbocycles. The molecular weight excluding hydrogens is 311 g/mol. The molecule has 1 aromatic rings. The van der Waals surface area contributed by atoms with Crippen LogP contribution in [0.5, 0.6) is 0 Å². The lowest BCUT2D eigenvalue weighted by molar-refractivity contribution is -0.0829. The molecule has 0 saturated carbocycles. The molecule has 1 N–H and O–H groups in total. The number of nitrogens with one attached hydrogen (secondary N) is 1. The largest absolute Gasteiger partial charge is 0.455 e. The van der Waals surface area contributed by atoms with E-state index in [0.717, 1.165) is 6.54 Å². The highest BCUT2D eigenvalue weighted by atomic mass is 35.5. The summed E-state index contributed by atoms with van der Waals surface area (Å²) in [5, 5.41) is 3.92. The molecule has 1 aromatic heterocycles. The Morgan fingerprint density at radius 3 is 2.86 bits per heavy atom. The van der Waals surface area contributed by atoms with Crippen molar-refractivity contribution >= 4 is 35.0 Å². The van der Waals surface area contributed by atoms with Crippen LogP contribution in [0.15, 0.2) is 17.3 Å². The standard InChI is InChI=1S/C14H16Cl2N4O/c15-10-1-4-17-12(11(10)16)19-13-18-7-14(21-13)8-20-5-2-9(14)3-6-20/h1,4,9H,2-3,5-8H2,(H,17,18,19). The first-order valence-electron chi connectivity index (χ1n) is 7.19. The molecule has 7 heteroatoms. The maximum atomic E-state index is 6.18. The normalized spacial score (nSPS) is 33.9. The van der Waals surface area contributed by atoms with Gasteiger partial charge < -0.3 is 4.74 Å². The number of amidine groups is 1. The zero-order valence-corrected chi connectivity index (χ0v) is 13.0. The van der Waals surface area contributed by atoms with E-state index in [1.165, 1.54) is 25.9 Å². The summed E-state index contributed by atoms with van der Waals surface area (Å²) in [6, 6.07) is 2.15. The van der Waals surface area contributed by atoms with Gasteiger partial charge in [-0.15, -0.1) is 0 Å². The van der Waals surface area contributed by atoms with Gasteiger partial charge in [-0.3, -0.25) is 10.2 Å². The van der Waals surface area contributed by atoms with Crippen LogP contribution in [0.25, 0.3) is 0 Å². The Bertz CT molecular complexity index is 601. The Hall–Kier alpha value is -1.04. The van der Waals surface area contributed by atoms with Crippen molar-refractivity contribution in [3.63, 3.8) is 0 Å². The van der Waals surface area contributed by atoms with Crippen molar-refractivity contribution in [3.8, 4) is 0 Å². The average molecular weight is 327 g/mol. The van der Waals surface area contributed by atoms with Crippen LogP contribution in [0, 0.1) is 5.92 Å². The molecule has 21 heavy (non-hydrogen) atoms. The Labute approximate surface area is 133 Å². The summed E-state index contributed by atoms with van der Waals surface area (Å²) in [5.41, 5.74) is -0.163. The number of rotatable bonds is 1. The predicted octanol–water partition coefficient (Wildman–Crippen LogP) is 2.65. The van der Waals surface area contributed by atoms with Crippen LogP contribution in [-0.2, 0) is 4.74 Å². The highest BCUT2D eigenvalue weighted by Crippen LogP contribution is 2.41. The number of ether oxygens (including phenoxy) is 1. The highest BCUT2D eigenvalue weighted by Gasteiger charge is 2.51. The predicted molar refractivity (Wildman–Crippen MR) is 83.2 cm³/mol. The number of aliphatic imine (C=N–C) groups is 1. The molecule has 3 saturated heterocycles. The minimum atomic E-state index is -0.163. The fourth-order valence-corrected chi connectivity index (χ4v) is 3.86. The summed E-state index contributed by atoms with van der Waals surface area (Å²) in [4.78, 5) is 11.2. The third-order valence-corrected chi connectivity index (χ3v) is 5.47. The fourth-order valence-electron chi connectivity index (χ4n) is 3.56. The zero-order valence-electron chi connectivity index (χ0n) is 11.5. The summed E-state index contributed by atoms with van der Waals surface area (Å²) in [6.07, 6.45) is 3.99. The number of halogens is 2. The number of aromatic nitrogens is 1. The third-order valence-electron chi connectivity index (χ3n) is 4.68. The molecule has 112 valence electrons. The van der Waals surface area contributed by atoms with Gasteiger partial charge in [0.05, 0.1) is 11.6 Å². The molecule has 2 bridgehead atoms. The van der Waals surface area contributed by atoms with E-state index < -0.39 is 0 Å². The molecule has 1 atom stereocenters. The average Bonchev–Trinajstić information content (AvgIpc) is 2.88. The fraction of sp³-hybridized carbons (Fsp3) is 0.571. The Morgan fingerprint density at radius 1 is 1.33 bits per heavy atom. The Morgan fingerprint density at radius 2 is 2.14 bits per heavy atom. The molecule has 5 heterocycles. The molecule has 5 rings (SSSR count). The molecule has 1 unspecified atom stereocenters. The van der Waals surface area contributed by atoms with Crippen molar-refractivity contribution in [2.75, 3.05) is 31.5 Å². The van der Waals surface area contributed by atoms with Crippen LogP contribution in [0.2, 0.25) is 10.0 Å². The Kier molecular flexibility index (Phi) is 3.24. The van der Waals surface area contributed by atoms with Crippen LogP contribution in [0.3, 0.4) is 0 Å². The molecular formula is C14H16Cl2N4O. The SMILES string of the molecule is Clc1ccnc(NC2=NCC3(CN4CCC3CC4)O2)c1Cl. The number of piperidine rings is 3. The van der Waals surface area contributed by atoms with Crippen molar-refractivity contribution in [3.05, 3.63) is 22.3 Å². The van der Waals surface area contributed by atoms with Crippen LogP contribution in [0.4, 0.5) is 5.82 Å². The van der Waals surface area contributed by atoms with Gasteiger partial charge in [-0.05, 0) is 32.0 Å². The second-order valence-corrected chi connectivity index (χ2v) is 6.70. The van der Waals surface area contributed by atoms with Gasteiger partial charge in [-0.2, -0.15) is 0 Å². The van der Waals surface area contributed by atoms with Gasteiger partial charge >= 0.3 is 0 Å². The Balaban J connectivity index is 1.50. The molecule has 0 radical (unpaired) electrons. The van der Waals surface area contributed by atoms with Crippen molar-refractivity contribution < 1.29 is 4.74 Å². The van der Waals surface area contributed by atoms with Gasteiger partial charge in [0.2, 0.25) is 0 Å². The van der Waals surface area contributed by atoms with Crippen molar-refractivity contribution in [2.45, 2.75) is 18.4 Å². The lowest BCUT2D eigenvalue weighted by Crippen LogP contribution is -2.61. The van der Waals surface area contributed by atoms with Crippen molar-refractivity contribution in [1.29, 1.82) is 0 Å². The topological polar surface area (TPSA) is 49.8 Å². The number of fused-ring (bicyclic) bond motifs is 2. The van der Waals surface area contributed by atoms with E-state index in [9.17, 15) is 0 Å². The van der Waals surface area contributed by atoms with Gasteiger partial charge in [-0.25, -0.2) is 9.98 Å². The van der Waals surface area contributed by atoms with Crippen LogP contribution >= 0.6 is 23.2 Å². The molecule has 4 aliphatic rings. The molecule has 1 spiro atoms. The molecule has 0 amide bonds. The summed E-state index contributed by atoms with van der Waals surface area (Å²) in [5.74, 6) is 1.08. The number of nitrogens with zero attached hydrogens (tertiary/aromatic N) is 3. The summed E-state index contributed by atoms with van der Waals surface area (Å²) < 4.78 is 6.18. The zero-order chi connectivity index (χ0) is 14.4. The lowest BCUT2D eigenvalue weighted by atomic mass is 9.75. The smallest absolute Gasteiger partial charge is 0.291 e. The maximum absolute atomic E-state index is 6.18. The van der Waals surface area contributed by atoms with Gasteiger partial charge in [-0.1, -0.05) is 23.2 Å².